The predicted molar refractivity (Wildman–Crippen MR) is 257 cm³/mol. The number of aryl methyl sites for hydroxylation is 1. The van der Waals surface area contributed by atoms with E-state index in [1.165, 1.54) is 14.0 Å². The standard InChI is InChI=1S/C52H70N6O10/c1-34(2)27-43(48(61)52(7)33-67-52)54-51(64)45(30-39-17-13-10-14-18-39)56-50(63)44(28-35(3)4)55-49(62)42(21-19-38-15-11-9-12-16-38)53-47(60)32-58(23-25-66-26-24-58)31-40-20-22-46(68-37(6)59)41(29-40)36(5)57-65-8/h9-18,20,22,29,34-35,42-45H,19,21,23-28,30-33H2,1-8H3,(H3-,53,54,55,56,60,62,63,64)/p+1/b57-36-/t42-,43-,44-,45-,52+/m0/s1. The highest BCUT2D eigenvalue weighted by molar-refractivity contribution is 6.01. The van der Waals surface area contributed by atoms with Crippen LogP contribution in [0.2, 0.25) is 0 Å². The Labute approximate surface area is 400 Å². The lowest BCUT2D eigenvalue weighted by atomic mass is 9.93. The van der Waals surface area contributed by atoms with Crippen molar-refractivity contribution in [3.63, 3.8) is 0 Å². The number of ketones is 1. The lowest BCUT2D eigenvalue weighted by Crippen LogP contribution is -2.61. The van der Waals surface area contributed by atoms with Crippen molar-refractivity contribution in [2.75, 3.05) is 46.6 Å². The van der Waals surface area contributed by atoms with Gasteiger partial charge in [0.15, 0.2) is 12.3 Å². The van der Waals surface area contributed by atoms with E-state index in [1.54, 1.807) is 19.9 Å². The Morgan fingerprint density at radius 2 is 1.28 bits per heavy atom. The number of nitrogens with one attached hydrogen (secondary N) is 4. The lowest BCUT2D eigenvalue weighted by molar-refractivity contribution is -0.940. The fraction of sp³-hybridized carbons (Fsp3) is 0.519. The van der Waals surface area contributed by atoms with E-state index < -0.39 is 53.5 Å². The van der Waals surface area contributed by atoms with Gasteiger partial charge in [0.25, 0.3) is 5.91 Å². The second kappa shape index (κ2) is 24.9. The maximum absolute atomic E-state index is 14.5. The van der Waals surface area contributed by atoms with Crippen LogP contribution in [-0.4, -0.2) is 122 Å². The van der Waals surface area contributed by atoms with Crippen molar-refractivity contribution in [1.82, 2.24) is 21.3 Å². The molecule has 2 aliphatic rings. The molecule has 4 amide bonds. The minimum Gasteiger partial charge on any atom is -0.426 e. The maximum atomic E-state index is 14.5. The van der Waals surface area contributed by atoms with Crippen LogP contribution in [0.5, 0.6) is 5.75 Å². The molecule has 0 unspecified atom stereocenters. The number of carbonyl (C=O) groups is 6. The maximum Gasteiger partial charge on any atom is 0.308 e. The molecule has 0 spiro atoms. The lowest BCUT2D eigenvalue weighted by Gasteiger charge is -2.41. The molecule has 0 saturated carbocycles. The van der Waals surface area contributed by atoms with Crippen molar-refractivity contribution in [3.8, 4) is 5.75 Å². The molecule has 2 saturated heterocycles. The number of quaternary nitrogens is 1. The number of ether oxygens (including phenoxy) is 3. The molecule has 2 fully saturated rings. The quantitative estimate of drug-likeness (QED) is 0.0232. The smallest absolute Gasteiger partial charge is 0.308 e. The molecule has 0 bridgehead atoms. The van der Waals surface area contributed by atoms with E-state index in [9.17, 15) is 28.8 Å². The molecular formula is C52H71N6O10+. The van der Waals surface area contributed by atoms with Crippen LogP contribution in [0.1, 0.15) is 90.0 Å². The summed E-state index contributed by atoms with van der Waals surface area (Å²) in [5, 5.41) is 15.9. The van der Waals surface area contributed by atoms with Crippen LogP contribution in [0, 0.1) is 11.8 Å². The number of benzene rings is 3. The first-order valence-electron chi connectivity index (χ1n) is 23.7. The number of morpholine rings is 1. The number of rotatable bonds is 25. The van der Waals surface area contributed by atoms with Crippen molar-refractivity contribution < 1.29 is 52.3 Å². The molecule has 0 radical (unpaired) electrons. The van der Waals surface area contributed by atoms with Gasteiger partial charge in [-0.1, -0.05) is 93.5 Å². The van der Waals surface area contributed by atoms with E-state index in [1.807, 2.05) is 100 Å². The molecule has 5 atom stereocenters. The Morgan fingerprint density at radius 3 is 1.87 bits per heavy atom. The SMILES string of the molecule is CO/N=C(/C)c1cc(C[N+]2(CC(=O)N[C@@H](CCc3ccccc3)C(=O)N[C@@H](CC(C)C)C(=O)N[C@@H](Cc3ccccc3)C(=O)N[C@@H](CC(C)C)C(=O)[C@@]3(C)CO3)CCOCC2)ccc1OC(C)=O. The number of nitrogens with zero attached hydrogens (tertiary/aromatic N) is 2. The number of amides is 4. The fourth-order valence-electron chi connectivity index (χ4n) is 8.55. The number of hydrogen-bond donors (Lipinski definition) is 4. The van der Waals surface area contributed by atoms with E-state index in [-0.39, 0.29) is 55.9 Å². The van der Waals surface area contributed by atoms with Crippen LogP contribution in [0.15, 0.2) is 84.0 Å². The third-order valence-electron chi connectivity index (χ3n) is 12.2. The van der Waals surface area contributed by atoms with Gasteiger partial charge in [-0.3, -0.25) is 28.8 Å². The van der Waals surface area contributed by atoms with Crippen molar-refractivity contribution in [2.45, 2.75) is 117 Å². The van der Waals surface area contributed by atoms with Crippen molar-refractivity contribution >= 4 is 41.1 Å². The fourth-order valence-corrected chi connectivity index (χ4v) is 8.55. The summed E-state index contributed by atoms with van der Waals surface area (Å²) in [7, 11) is 1.43. The van der Waals surface area contributed by atoms with Gasteiger partial charge in [-0.15, -0.1) is 0 Å². The molecule has 368 valence electrons. The third-order valence-corrected chi connectivity index (χ3v) is 12.2. The van der Waals surface area contributed by atoms with Gasteiger partial charge in [-0.2, -0.15) is 0 Å². The monoisotopic (exact) mass is 940 g/mol. The third kappa shape index (κ3) is 16.1. The Balaban J connectivity index is 1.38. The molecular weight excluding hydrogens is 869 g/mol. The summed E-state index contributed by atoms with van der Waals surface area (Å²) in [5.41, 5.74) is 2.74. The average Bonchev–Trinajstić information content (AvgIpc) is 4.05. The van der Waals surface area contributed by atoms with Crippen molar-refractivity contribution in [3.05, 3.63) is 101 Å². The summed E-state index contributed by atoms with van der Waals surface area (Å²) < 4.78 is 17.0. The molecule has 16 heteroatoms. The van der Waals surface area contributed by atoms with Crippen LogP contribution < -0.4 is 26.0 Å². The topological polar surface area (TPSA) is 203 Å². The van der Waals surface area contributed by atoms with Gasteiger partial charge in [-0.25, -0.2) is 0 Å². The normalized spacial score (nSPS) is 18.4. The van der Waals surface area contributed by atoms with Gasteiger partial charge in [-0.05, 0) is 80.7 Å². The van der Waals surface area contributed by atoms with E-state index in [0.29, 0.717) is 67.2 Å². The predicted octanol–water partition coefficient (Wildman–Crippen LogP) is 4.59. The Morgan fingerprint density at radius 1 is 0.721 bits per heavy atom. The number of epoxide rings is 1. The Kier molecular flexibility index (Phi) is 19.4. The second-order valence-corrected chi connectivity index (χ2v) is 19.2. The van der Waals surface area contributed by atoms with Crippen molar-refractivity contribution in [1.29, 1.82) is 0 Å². The summed E-state index contributed by atoms with van der Waals surface area (Å²) in [6.07, 6.45) is 1.48. The minimum atomic E-state index is -1.08. The molecule has 2 aliphatic heterocycles. The van der Waals surface area contributed by atoms with E-state index in [2.05, 4.69) is 26.4 Å². The molecule has 68 heavy (non-hydrogen) atoms. The van der Waals surface area contributed by atoms with Crippen LogP contribution in [-0.2, 0) is 62.5 Å². The van der Waals surface area contributed by atoms with E-state index >= 15 is 0 Å². The van der Waals surface area contributed by atoms with Crippen LogP contribution in [0.4, 0.5) is 0 Å². The van der Waals surface area contributed by atoms with Gasteiger partial charge >= 0.3 is 5.97 Å². The highest BCUT2D eigenvalue weighted by atomic mass is 16.6. The number of carbonyl (C=O) groups excluding carboxylic acids is 6. The highest BCUT2D eigenvalue weighted by Crippen LogP contribution is 2.30. The first-order valence-corrected chi connectivity index (χ1v) is 23.7. The average molecular weight is 940 g/mol. The molecule has 0 aliphatic carbocycles. The summed E-state index contributed by atoms with van der Waals surface area (Å²) in [5.74, 6) is -2.30. The minimum absolute atomic E-state index is 0.0302. The zero-order chi connectivity index (χ0) is 49.4. The van der Waals surface area contributed by atoms with Crippen LogP contribution in [0.3, 0.4) is 0 Å². The van der Waals surface area contributed by atoms with Crippen LogP contribution in [0.25, 0.3) is 0 Å². The Hall–Kier alpha value is -5.97. The largest absolute Gasteiger partial charge is 0.426 e. The van der Waals surface area contributed by atoms with Gasteiger partial charge in [0, 0.05) is 24.5 Å². The van der Waals surface area contributed by atoms with E-state index in [0.717, 1.165) is 16.7 Å². The first-order chi connectivity index (χ1) is 32.4. The van der Waals surface area contributed by atoms with Gasteiger partial charge in [0.1, 0.15) is 56.2 Å². The molecule has 16 nitrogen and oxygen atoms in total. The van der Waals surface area contributed by atoms with E-state index in [4.69, 9.17) is 19.0 Å². The van der Waals surface area contributed by atoms with Crippen LogP contribution >= 0.6 is 0 Å². The molecule has 4 N–H and O–H groups in total. The van der Waals surface area contributed by atoms with Gasteiger partial charge in [0.2, 0.25) is 17.7 Å². The second-order valence-electron chi connectivity index (χ2n) is 19.2. The number of hydrogen-bond acceptors (Lipinski definition) is 11. The van der Waals surface area contributed by atoms with Gasteiger partial charge < -0.3 is 44.8 Å². The zero-order valence-corrected chi connectivity index (χ0v) is 40.9. The molecule has 2 heterocycles. The molecule has 5 rings (SSSR count). The first kappa shape index (κ1) is 53.0. The highest BCUT2D eigenvalue weighted by Gasteiger charge is 2.50. The number of oxime groups is 1. The summed E-state index contributed by atoms with van der Waals surface area (Å²) in [6.45, 7) is 15.2. The molecule has 3 aromatic rings. The zero-order valence-electron chi connectivity index (χ0n) is 40.9. The number of Topliss-reactive ketones (excluding diaryl/α,β-unsaturated/α-hetero) is 1. The summed E-state index contributed by atoms with van der Waals surface area (Å²) in [6, 6.07) is 20.3. The molecule has 3 aromatic carbocycles. The summed E-state index contributed by atoms with van der Waals surface area (Å²) in [4.78, 5) is 87.9. The Bertz CT molecular complexity index is 2220. The van der Waals surface area contributed by atoms with Crippen molar-refractivity contribution in [2.24, 2.45) is 17.0 Å². The molecule has 0 aromatic heterocycles. The van der Waals surface area contributed by atoms with Gasteiger partial charge in [0.05, 0.1) is 31.6 Å². The summed E-state index contributed by atoms with van der Waals surface area (Å²) >= 11 is 0. The number of esters is 1.